The van der Waals surface area contributed by atoms with Crippen LogP contribution in [0.1, 0.15) is 22.3 Å². The van der Waals surface area contributed by atoms with Crippen LogP contribution in [0.2, 0.25) is 0 Å². The van der Waals surface area contributed by atoms with Gasteiger partial charge in [-0.1, -0.05) is 176 Å². The summed E-state index contributed by atoms with van der Waals surface area (Å²) in [5, 5.41) is 0.932. The van der Waals surface area contributed by atoms with Crippen molar-refractivity contribution in [3.05, 3.63) is 222 Å². The van der Waals surface area contributed by atoms with Gasteiger partial charge < -0.3 is 9.15 Å². The van der Waals surface area contributed by atoms with Gasteiger partial charge in [0.2, 0.25) is 0 Å². The quantitative estimate of drug-likeness (QED) is 0.171. The van der Waals surface area contributed by atoms with Gasteiger partial charge in [-0.2, -0.15) is 0 Å². The Morgan fingerprint density at radius 1 is 0.365 bits per heavy atom. The summed E-state index contributed by atoms with van der Waals surface area (Å²) < 4.78 is 13.3. The molecule has 0 atom stereocenters. The van der Waals surface area contributed by atoms with Crippen LogP contribution in [-0.2, 0) is 5.41 Å². The van der Waals surface area contributed by atoms with Crippen molar-refractivity contribution in [2.45, 2.75) is 5.41 Å². The normalized spacial score (nSPS) is 13.0. The van der Waals surface area contributed by atoms with Crippen LogP contribution in [0.5, 0.6) is 11.5 Å². The molecule has 8 aromatic carbocycles. The SMILES string of the molecule is c1ccc(-c2nc(-c3ccccc3)nc(-c3cccc4c3-c3cccc(-c5nc(-c6ccccc6)c6oc7ccccc7c6n5)c3C43c4ccccc4Oc4ccccc43)n2)cc1. The minimum absolute atomic E-state index is 0.579. The summed E-state index contributed by atoms with van der Waals surface area (Å²) in [6.45, 7) is 0. The molecule has 13 rings (SSSR count). The Morgan fingerprint density at radius 3 is 1.56 bits per heavy atom. The molecular weight excluding hydrogens is 775 g/mol. The van der Waals surface area contributed by atoms with E-state index in [9.17, 15) is 0 Å². The van der Waals surface area contributed by atoms with E-state index in [1.54, 1.807) is 0 Å². The lowest BCUT2D eigenvalue weighted by atomic mass is 9.65. The molecule has 3 aromatic heterocycles. The van der Waals surface area contributed by atoms with E-state index in [0.717, 1.165) is 94.9 Å². The van der Waals surface area contributed by atoms with Crippen molar-refractivity contribution in [2.75, 3.05) is 0 Å². The van der Waals surface area contributed by atoms with E-state index in [0.29, 0.717) is 28.9 Å². The number of hydrogen-bond donors (Lipinski definition) is 0. The lowest BCUT2D eigenvalue weighted by molar-refractivity contribution is 0.436. The Hall–Kier alpha value is -8.55. The van der Waals surface area contributed by atoms with Crippen LogP contribution in [0.25, 0.3) is 90.0 Å². The summed E-state index contributed by atoms with van der Waals surface area (Å²) >= 11 is 0. The van der Waals surface area contributed by atoms with E-state index in [2.05, 4.69) is 91.0 Å². The van der Waals surface area contributed by atoms with Crippen LogP contribution >= 0.6 is 0 Å². The monoisotopic (exact) mass is 807 g/mol. The highest BCUT2D eigenvalue weighted by molar-refractivity contribution is 6.07. The first kappa shape index (κ1) is 35.2. The summed E-state index contributed by atoms with van der Waals surface area (Å²) in [6, 6.07) is 68.3. The zero-order valence-corrected chi connectivity index (χ0v) is 33.6. The van der Waals surface area contributed by atoms with Crippen molar-refractivity contribution in [3.63, 3.8) is 0 Å². The van der Waals surface area contributed by atoms with Crippen molar-refractivity contribution in [1.29, 1.82) is 0 Å². The molecule has 63 heavy (non-hydrogen) atoms. The Balaban J connectivity index is 1.16. The van der Waals surface area contributed by atoms with E-state index in [4.69, 9.17) is 34.1 Å². The second kappa shape index (κ2) is 13.7. The van der Waals surface area contributed by atoms with Crippen LogP contribution in [0.15, 0.2) is 205 Å². The smallest absolute Gasteiger partial charge is 0.180 e. The van der Waals surface area contributed by atoms with Gasteiger partial charge in [0.1, 0.15) is 28.3 Å². The highest BCUT2D eigenvalue weighted by atomic mass is 16.5. The molecule has 4 heterocycles. The predicted molar refractivity (Wildman–Crippen MR) is 247 cm³/mol. The topological polar surface area (TPSA) is 86.8 Å². The molecule has 1 aliphatic heterocycles. The van der Waals surface area contributed by atoms with Gasteiger partial charge in [-0.3, -0.25) is 0 Å². The first-order valence-corrected chi connectivity index (χ1v) is 21.0. The van der Waals surface area contributed by atoms with Crippen LogP contribution < -0.4 is 4.74 Å². The van der Waals surface area contributed by atoms with Gasteiger partial charge in [0.25, 0.3) is 0 Å². The molecule has 1 aliphatic carbocycles. The number of benzene rings is 8. The third-order valence-electron chi connectivity index (χ3n) is 12.4. The molecule has 294 valence electrons. The maximum Gasteiger partial charge on any atom is 0.180 e. The van der Waals surface area contributed by atoms with Gasteiger partial charge in [-0.15, -0.1) is 0 Å². The second-order valence-electron chi connectivity index (χ2n) is 15.9. The number of nitrogens with zero attached hydrogens (tertiary/aromatic N) is 5. The number of ether oxygens (including phenoxy) is 1. The molecule has 0 saturated heterocycles. The summed E-state index contributed by atoms with van der Waals surface area (Å²) in [6.07, 6.45) is 0. The molecule has 1 spiro atoms. The molecule has 0 fully saturated rings. The van der Waals surface area contributed by atoms with E-state index in [1.807, 2.05) is 109 Å². The molecule has 11 aromatic rings. The van der Waals surface area contributed by atoms with E-state index in [-0.39, 0.29) is 0 Å². The number of furan rings is 1. The second-order valence-corrected chi connectivity index (χ2v) is 15.9. The Kier molecular flexibility index (Phi) is 7.68. The van der Waals surface area contributed by atoms with Gasteiger partial charge in [-0.25, -0.2) is 24.9 Å². The molecule has 0 saturated carbocycles. The molecule has 0 radical (unpaired) electrons. The Morgan fingerprint density at radius 2 is 0.873 bits per heavy atom. The third-order valence-corrected chi connectivity index (χ3v) is 12.4. The summed E-state index contributed by atoms with van der Waals surface area (Å²) in [5.41, 5.74) is 12.9. The number of para-hydroxylation sites is 3. The van der Waals surface area contributed by atoms with Crippen molar-refractivity contribution in [2.24, 2.45) is 0 Å². The highest BCUT2D eigenvalue weighted by Gasteiger charge is 2.53. The summed E-state index contributed by atoms with van der Waals surface area (Å²) in [7, 11) is 0. The Labute approximate surface area is 362 Å². The Bertz CT molecular complexity index is 3500. The number of fused-ring (bicyclic) bond motifs is 12. The van der Waals surface area contributed by atoms with E-state index in [1.165, 1.54) is 0 Å². The minimum atomic E-state index is -0.857. The van der Waals surface area contributed by atoms with Crippen molar-refractivity contribution < 1.29 is 9.15 Å². The van der Waals surface area contributed by atoms with Crippen LogP contribution in [0.4, 0.5) is 0 Å². The zero-order valence-electron chi connectivity index (χ0n) is 33.6. The van der Waals surface area contributed by atoms with Crippen LogP contribution in [0.3, 0.4) is 0 Å². The minimum Gasteiger partial charge on any atom is -0.457 e. The van der Waals surface area contributed by atoms with Crippen LogP contribution in [-0.4, -0.2) is 24.9 Å². The van der Waals surface area contributed by atoms with Crippen molar-refractivity contribution >= 4 is 22.1 Å². The molecule has 0 amide bonds. The molecule has 0 unspecified atom stereocenters. The predicted octanol–water partition coefficient (Wildman–Crippen LogP) is 13.4. The molecular formula is C56H33N5O2. The molecule has 0 N–H and O–H groups in total. The number of rotatable bonds is 5. The fraction of sp³-hybridized carbons (Fsp3) is 0.0179. The first-order chi connectivity index (χ1) is 31.2. The molecule has 2 aliphatic rings. The van der Waals surface area contributed by atoms with Gasteiger partial charge in [0.05, 0.1) is 5.41 Å². The highest BCUT2D eigenvalue weighted by Crippen LogP contribution is 2.65. The van der Waals surface area contributed by atoms with Crippen LogP contribution in [0, 0.1) is 0 Å². The van der Waals surface area contributed by atoms with Crippen molar-refractivity contribution in [3.8, 4) is 79.4 Å². The fourth-order valence-electron chi connectivity index (χ4n) is 9.81. The maximum absolute atomic E-state index is 6.78. The van der Waals surface area contributed by atoms with Crippen molar-refractivity contribution in [1.82, 2.24) is 24.9 Å². The number of aromatic nitrogens is 5. The lowest BCUT2D eigenvalue weighted by Crippen LogP contribution is -2.32. The molecule has 7 heteroatoms. The van der Waals surface area contributed by atoms with E-state index < -0.39 is 5.41 Å². The summed E-state index contributed by atoms with van der Waals surface area (Å²) in [5.74, 6) is 3.95. The maximum atomic E-state index is 6.78. The third kappa shape index (κ3) is 5.23. The van der Waals surface area contributed by atoms with Gasteiger partial charge in [0, 0.05) is 44.3 Å². The van der Waals surface area contributed by atoms with Gasteiger partial charge >= 0.3 is 0 Å². The first-order valence-electron chi connectivity index (χ1n) is 21.0. The van der Waals surface area contributed by atoms with E-state index >= 15 is 0 Å². The number of hydrogen-bond acceptors (Lipinski definition) is 7. The van der Waals surface area contributed by atoms with Gasteiger partial charge in [0.15, 0.2) is 28.9 Å². The lowest BCUT2D eigenvalue weighted by Gasteiger charge is -2.40. The average molecular weight is 808 g/mol. The molecule has 7 nitrogen and oxygen atoms in total. The largest absolute Gasteiger partial charge is 0.457 e. The standard InChI is InChI=1S/C56H33N5O2/c1-4-18-34(19-5-1)49-51-50(37-24-10-13-31-44(37)63-51)58-55(57-49)40-27-16-25-38-47-39(54-60-52(35-20-6-2-7-21-35)59-53(61-54)36-22-8-3-9-23-36)26-17-30-43(47)56(48(38)40)41-28-11-14-32-45(41)62-46-33-15-12-29-42(46)56/h1-33H. The fourth-order valence-corrected chi connectivity index (χ4v) is 9.81. The zero-order chi connectivity index (χ0) is 41.5. The van der Waals surface area contributed by atoms with Gasteiger partial charge in [-0.05, 0) is 46.5 Å². The average Bonchev–Trinajstić information content (AvgIpc) is 3.89. The summed E-state index contributed by atoms with van der Waals surface area (Å²) in [4.78, 5) is 26.5. The molecule has 0 bridgehead atoms.